The molecule has 2 N–H and O–H groups in total. The Bertz CT molecular complexity index is 543. The number of piperidine rings is 1. The summed E-state index contributed by atoms with van der Waals surface area (Å²) in [6.07, 6.45) is 5.44. The second-order valence-corrected chi connectivity index (χ2v) is 4.74. The molecule has 0 aromatic carbocycles. The van der Waals surface area contributed by atoms with Crippen molar-refractivity contribution >= 4 is 16.9 Å². The molecular formula is C13H18N4O. The van der Waals surface area contributed by atoms with E-state index in [0.717, 1.165) is 37.1 Å². The first-order valence-corrected chi connectivity index (χ1v) is 6.36. The lowest BCUT2D eigenvalue weighted by molar-refractivity contribution is 0.145. The molecule has 2 aromatic heterocycles. The second-order valence-electron chi connectivity index (χ2n) is 4.74. The Hall–Kier alpha value is -1.75. The summed E-state index contributed by atoms with van der Waals surface area (Å²) < 4.78 is 1.90. The fourth-order valence-electron chi connectivity index (χ4n) is 2.48. The van der Waals surface area contributed by atoms with Crippen LogP contribution < -0.4 is 10.2 Å². The molecule has 0 spiro atoms. The Morgan fingerprint density at radius 3 is 2.83 bits per heavy atom. The summed E-state index contributed by atoms with van der Waals surface area (Å²) in [6.45, 7) is 1.82. The maximum atomic E-state index is 9.53. The lowest BCUT2D eigenvalue weighted by atomic mass is 10.1. The molecule has 3 rings (SSSR count). The van der Waals surface area contributed by atoms with E-state index in [1.54, 1.807) is 0 Å². The first kappa shape index (κ1) is 11.3. The van der Waals surface area contributed by atoms with Crippen molar-refractivity contribution in [2.75, 3.05) is 30.4 Å². The Morgan fingerprint density at radius 2 is 2.11 bits per heavy atom. The van der Waals surface area contributed by atoms with E-state index in [9.17, 15) is 5.11 Å². The molecule has 96 valence electrons. The molecule has 0 radical (unpaired) electrons. The van der Waals surface area contributed by atoms with E-state index in [4.69, 9.17) is 0 Å². The van der Waals surface area contributed by atoms with Crippen LogP contribution in [-0.4, -0.2) is 41.0 Å². The highest BCUT2D eigenvalue weighted by atomic mass is 16.3. The Balaban J connectivity index is 1.89. The molecule has 5 heteroatoms. The lowest BCUT2D eigenvalue weighted by Gasteiger charge is -2.31. The Labute approximate surface area is 106 Å². The number of aliphatic hydroxyl groups is 1. The van der Waals surface area contributed by atoms with Gasteiger partial charge in [0.15, 0.2) is 0 Å². The molecule has 0 saturated carbocycles. The monoisotopic (exact) mass is 246 g/mol. The van der Waals surface area contributed by atoms with Crippen LogP contribution in [0.15, 0.2) is 24.5 Å². The second kappa shape index (κ2) is 4.49. The van der Waals surface area contributed by atoms with Crippen LogP contribution in [0.5, 0.6) is 0 Å². The molecular weight excluding hydrogens is 228 g/mol. The van der Waals surface area contributed by atoms with Gasteiger partial charge in [0.05, 0.1) is 35.4 Å². The first-order chi connectivity index (χ1) is 8.78. The molecule has 3 heterocycles. The number of rotatable bonds is 2. The zero-order chi connectivity index (χ0) is 12.5. The van der Waals surface area contributed by atoms with E-state index in [-0.39, 0.29) is 6.10 Å². The van der Waals surface area contributed by atoms with Gasteiger partial charge in [0.25, 0.3) is 0 Å². The zero-order valence-electron chi connectivity index (χ0n) is 10.5. The van der Waals surface area contributed by atoms with Crippen molar-refractivity contribution < 1.29 is 5.11 Å². The smallest absolute Gasteiger partial charge is 0.0895 e. The molecule has 1 saturated heterocycles. The highest BCUT2D eigenvalue weighted by Gasteiger charge is 2.17. The van der Waals surface area contributed by atoms with Gasteiger partial charge in [0.2, 0.25) is 0 Å². The standard InChI is InChI=1S/C13H18N4O/c1-14-12-8-15-17-9-10(2-3-13(12)17)16-6-4-11(18)5-7-16/h2-3,8-9,11,14,18H,4-7H2,1H3. The van der Waals surface area contributed by atoms with E-state index in [1.807, 2.05) is 24.0 Å². The van der Waals surface area contributed by atoms with E-state index < -0.39 is 0 Å². The number of aromatic nitrogens is 2. The molecule has 0 bridgehead atoms. The molecule has 0 aliphatic carbocycles. The molecule has 5 nitrogen and oxygen atoms in total. The van der Waals surface area contributed by atoms with Gasteiger partial charge >= 0.3 is 0 Å². The van der Waals surface area contributed by atoms with Crippen molar-refractivity contribution in [3.8, 4) is 0 Å². The van der Waals surface area contributed by atoms with Crippen LogP contribution in [0, 0.1) is 0 Å². The third-order valence-corrected chi connectivity index (χ3v) is 3.60. The predicted octanol–water partition coefficient (Wildman–Crippen LogP) is 1.34. The zero-order valence-corrected chi connectivity index (χ0v) is 10.5. The Kier molecular flexibility index (Phi) is 2.83. The van der Waals surface area contributed by atoms with Crippen molar-refractivity contribution in [3.05, 3.63) is 24.5 Å². The molecule has 0 amide bonds. The maximum absolute atomic E-state index is 9.53. The summed E-state index contributed by atoms with van der Waals surface area (Å²) in [5, 5.41) is 17.0. The van der Waals surface area contributed by atoms with Crippen LogP contribution in [0.25, 0.3) is 5.52 Å². The fourth-order valence-corrected chi connectivity index (χ4v) is 2.48. The van der Waals surface area contributed by atoms with E-state index >= 15 is 0 Å². The van der Waals surface area contributed by atoms with Crippen molar-refractivity contribution in [2.24, 2.45) is 0 Å². The molecule has 0 atom stereocenters. The summed E-state index contributed by atoms with van der Waals surface area (Å²) in [5.41, 5.74) is 3.29. The van der Waals surface area contributed by atoms with Crippen LogP contribution in [0.4, 0.5) is 11.4 Å². The third kappa shape index (κ3) is 1.90. The quantitative estimate of drug-likeness (QED) is 0.839. The third-order valence-electron chi connectivity index (χ3n) is 3.60. The topological polar surface area (TPSA) is 52.8 Å². The molecule has 18 heavy (non-hydrogen) atoms. The SMILES string of the molecule is CNc1cnn2cc(N3CCC(O)CC3)ccc12. The van der Waals surface area contributed by atoms with Gasteiger partial charge in [0.1, 0.15) is 0 Å². The van der Waals surface area contributed by atoms with Gasteiger partial charge in [0, 0.05) is 20.1 Å². The number of pyridine rings is 1. The molecule has 1 fully saturated rings. The maximum Gasteiger partial charge on any atom is 0.0895 e. The number of fused-ring (bicyclic) bond motifs is 1. The summed E-state index contributed by atoms with van der Waals surface area (Å²) >= 11 is 0. The van der Waals surface area contributed by atoms with Crippen molar-refractivity contribution in [2.45, 2.75) is 18.9 Å². The van der Waals surface area contributed by atoms with E-state index in [2.05, 4.69) is 27.4 Å². The summed E-state index contributed by atoms with van der Waals surface area (Å²) in [7, 11) is 1.90. The minimum atomic E-state index is -0.134. The van der Waals surface area contributed by atoms with Crippen LogP contribution in [0.2, 0.25) is 0 Å². The van der Waals surface area contributed by atoms with Crippen LogP contribution in [-0.2, 0) is 0 Å². The Morgan fingerprint density at radius 1 is 1.33 bits per heavy atom. The van der Waals surface area contributed by atoms with Gasteiger partial charge in [-0.05, 0) is 25.0 Å². The highest BCUT2D eigenvalue weighted by Crippen LogP contribution is 2.23. The fraction of sp³-hybridized carbons (Fsp3) is 0.462. The molecule has 2 aromatic rings. The number of anilines is 2. The highest BCUT2D eigenvalue weighted by molar-refractivity contribution is 5.72. The van der Waals surface area contributed by atoms with Crippen LogP contribution >= 0.6 is 0 Å². The van der Waals surface area contributed by atoms with Crippen molar-refractivity contribution in [3.63, 3.8) is 0 Å². The summed E-state index contributed by atoms with van der Waals surface area (Å²) in [6, 6.07) is 4.20. The van der Waals surface area contributed by atoms with Crippen molar-refractivity contribution in [1.82, 2.24) is 9.61 Å². The lowest BCUT2D eigenvalue weighted by Crippen LogP contribution is -2.35. The summed E-state index contributed by atoms with van der Waals surface area (Å²) in [4.78, 5) is 2.30. The van der Waals surface area contributed by atoms with Gasteiger partial charge in [-0.15, -0.1) is 0 Å². The van der Waals surface area contributed by atoms with E-state index in [1.165, 1.54) is 5.69 Å². The molecule has 1 aliphatic rings. The molecule has 1 aliphatic heterocycles. The van der Waals surface area contributed by atoms with E-state index in [0.29, 0.717) is 0 Å². The van der Waals surface area contributed by atoms with Crippen LogP contribution in [0.1, 0.15) is 12.8 Å². The minimum Gasteiger partial charge on any atom is -0.393 e. The molecule has 0 unspecified atom stereocenters. The van der Waals surface area contributed by atoms with Crippen LogP contribution in [0.3, 0.4) is 0 Å². The van der Waals surface area contributed by atoms with Gasteiger partial charge in [-0.3, -0.25) is 0 Å². The number of hydrogen-bond donors (Lipinski definition) is 2. The van der Waals surface area contributed by atoms with Gasteiger partial charge in [-0.25, -0.2) is 4.52 Å². The van der Waals surface area contributed by atoms with Crippen molar-refractivity contribution in [1.29, 1.82) is 0 Å². The number of nitrogens with one attached hydrogen (secondary N) is 1. The van der Waals surface area contributed by atoms with Gasteiger partial charge in [-0.1, -0.05) is 0 Å². The van der Waals surface area contributed by atoms with Gasteiger partial charge < -0.3 is 15.3 Å². The predicted molar refractivity (Wildman–Crippen MR) is 72.2 cm³/mol. The average Bonchev–Trinajstić information content (AvgIpc) is 2.81. The summed E-state index contributed by atoms with van der Waals surface area (Å²) in [5.74, 6) is 0. The number of aliphatic hydroxyl groups excluding tert-OH is 1. The largest absolute Gasteiger partial charge is 0.393 e. The number of nitrogens with zero attached hydrogens (tertiary/aromatic N) is 3. The normalized spacial score (nSPS) is 17.3. The first-order valence-electron chi connectivity index (χ1n) is 6.36. The average molecular weight is 246 g/mol. The number of hydrogen-bond acceptors (Lipinski definition) is 4. The minimum absolute atomic E-state index is 0.134. The van der Waals surface area contributed by atoms with Gasteiger partial charge in [-0.2, -0.15) is 5.10 Å².